The number of thioether (sulfide) groups is 1. The average molecular weight is 399 g/mol. The van der Waals surface area contributed by atoms with Crippen LogP contribution in [-0.2, 0) is 16.1 Å². The minimum Gasteiger partial charge on any atom is -0.467 e. The first-order valence-electron chi connectivity index (χ1n) is 9.11. The van der Waals surface area contributed by atoms with Gasteiger partial charge in [-0.3, -0.25) is 14.3 Å². The number of carbonyl (C=O) groups excluding carboxylic acids is 1. The summed E-state index contributed by atoms with van der Waals surface area (Å²) in [5.74, 6) is 1.57. The van der Waals surface area contributed by atoms with Crippen molar-refractivity contribution in [2.45, 2.75) is 23.9 Å². The summed E-state index contributed by atoms with van der Waals surface area (Å²) in [7, 11) is 0. The molecular weight excluding hydrogens is 378 g/mol. The van der Waals surface area contributed by atoms with E-state index in [2.05, 4.69) is 15.2 Å². The Hall–Kier alpha value is -2.65. The van der Waals surface area contributed by atoms with Crippen LogP contribution in [0.2, 0.25) is 0 Å². The molecule has 3 aromatic rings. The summed E-state index contributed by atoms with van der Waals surface area (Å²) in [5, 5.41) is 9.10. The summed E-state index contributed by atoms with van der Waals surface area (Å²) in [4.78, 5) is 18.8. The Morgan fingerprint density at radius 1 is 1.25 bits per heavy atom. The minimum absolute atomic E-state index is 0.0868. The second kappa shape index (κ2) is 8.57. The van der Waals surface area contributed by atoms with Crippen molar-refractivity contribution in [1.82, 2.24) is 24.6 Å². The number of nitrogens with zero attached hydrogens (tertiary/aromatic N) is 5. The van der Waals surface area contributed by atoms with Crippen molar-refractivity contribution in [3.63, 3.8) is 0 Å². The first-order chi connectivity index (χ1) is 13.7. The SMILES string of the molecule is CC(Sc1nnc(-c2cccnc2)n1Cc1ccco1)C(=O)N1CCOCC1. The molecule has 1 saturated heterocycles. The maximum Gasteiger partial charge on any atom is 0.236 e. The summed E-state index contributed by atoms with van der Waals surface area (Å²) < 4.78 is 12.8. The highest BCUT2D eigenvalue weighted by Gasteiger charge is 2.26. The molecule has 3 aromatic heterocycles. The molecule has 0 saturated carbocycles. The van der Waals surface area contributed by atoms with Gasteiger partial charge in [0, 0.05) is 31.0 Å². The number of furan rings is 1. The van der Waals surface area contributed by atoms with Crippen molar-refractivity contribution in [3.05, 3.63) is 48.7 Å². The lowest BCUT2D eigenvalue weighted by Gasteiger charge is -2.28. The monoisotopic (exact) mass is 399 g/mol. The molecule has 0 radical (unpaired) electrons. The Kier molecular flexibility index (Phi) is 5.73. The van der Waals surface area contributed by atoms with E-state index in [1.807, 2.05) is 40.7 Å². The van der Waals surface area contributed by atoms with Gasteiger partial charge in [0.25, 0.3) is 0 Å². The van der Waals surface area contributed by atoms with E-state index in [9.17, 15) is 4.79 Å². The van der Waals surface area contributed by atoms with Gasteiger partial charge in [-0.05, 0) is 31.2 Å². The number of ether oxygens (including phenoxy) is 1. The number of rotatable bonds is 6. The lowest BCUT2D eigenvalue weighted by Crippen LogP contribution is -2.44. The Bertz CT molecular complexity index is 907. The normalized spacial score (nSPS) is 15.5. The van der Waals surface area contributed by atoms with Gasteiger partial charge in [-0.2, -0.15) is 0 Å². The molecular formula is C19H21N5O3S. The van der Waals surface area contributed by atoms with E-state index in [0.717, 1.165) is 11.3 Å². The molecule has 1 aliphatic rings. The standard InChI is InChI=1S/C19H21N5O3S/c1-14(18(25)23-7-10-26-11-8-23)28-19-22-21-17(15-4-2-6-20-12-15)24(19)13-16-5-3-9-27-16/h2-6,9,12,14H,7-8,10-11,13H2,1H3. The topological polar surface area (TPSA) is 86.3 Å². The molecule has 0 bridgehead atoms. The fourth-order valence-corrected chi connectivity index (χ4v) is 3.97. The van der Waals surface area contributed by atoms with E-state index in [1.54, 1.807) is 18.7 Å². The van der Waals surface area contributed by atoms with Crippen LogP contribution in [0.25, 0.3) is 11.4 Å². The Balaban J connectivity index is 1.59. The smallest absolute Gasteiger partial charge is 0.236 e. The fourth-order valence-electron chi connectivity index (χ4n) is 3.03. The molecule has 9 heteroatoms. The van der Waals surface area contributed by atoms with Crippen LogP contribution in [0.5, 0.6) is 0 Å². The van der Waals surface area contributed by atoms with Crippen LogP contribution in [-0.4, -0.2) is 62.1 Å². The molecule has 1 fully saturated rings. The molecule has 0 N–H and O–H groups in total. The lowest BCUT2D eigenvalue weighted by atomic mass is 10.2. The molecule has 1 unspecified atom stereocenters. The predicted molar refractivity (Wildman–Crippen MR) is 104 cm³/mol. The third-order valence-electron chi connectivity index (χ3n) is 4.48. The van der Waals surface area contributed by atoms with Crippen molar-refractivity contribution in [2.75, 3.05) is 26.3 Å². The summed E-state index contributed by atoms with van der Waals surface area (Å²) in [6.45, 7) is 4.81. The van der Waals surface area contributed by atoms with E-state index in [0.29, 0.717) is 43.8 Å². The van der Waals surface area contributed by atoms with E-state index >= 15 is 0 Å². The van der Waals surface area contributed by atoms with Crippen LogP contribution in [0.15, 0.2) is 52.5 Å². The highest BCUT2D eigenvalue weighted by Crippen LogP contribution is 2.28. The molecule has 1 aliphatic heterocycles. The summed E-state index contributed by atoms with van der Waals surface area (Å²) >= 11 is 1.40. The maximum absolute atomic E-state index is 12.8. The van der Waals surface area contributed by atoms with Gasteiger partial charge in [0.05, 0.1) is 31.3 Å². The van der Waals surface area contributed by atoms with Crippen molar-refractivity contribution in [1.29, 1.82) is 0 Å². The van der Waals surface area contributed by atoms with Gasteiger partial charge < -0.3 is 14.1 Å². The molecule has 1 amide bonds. The predicted octanol–water partition coefficient (Wildman–Crippen LogP) is 2.32. The average Bonchev–Trinajstić information content (AvgIpc) is 3.39. The number of carbonyl (C=O) groups is 1. The first-order valence-corrected chi connectivity index (χ1v) is 9.99. The summed E-state index contributed by atoms with van der Waals surface area (Å²) in [6, 6.07) is 7.55. The zero-order valence-electron chi connectivity index (χ0n) is 15.5. The van der Waals surface area contributed by atoms with E-state index < -0.39 is 0 Å². The third-order valence-corrected chi connectivity index (χ3v) is 5.55. The van der Waals surface area contributed by atoms with Crippen LogP contribution in [0.1, 0.15) is 12.7 Å². The van der Waals surface area contributed by atoms with Crippen LogP contribution in [0.3, 0.4) is 0 Å². The Labute approximate surface area is 166 Å². The van der Waals surface area contributed by atoms with Gasteiger partial charge in [0.2, 0.25) is 5.91 Å². The van der Waals surface area contributed by atoms with Gasteiger partial charge in [-0.1, -0.05) is 11.8 Å². The Morgan fingerprint density at radius 2 is 2.11 bits per heavy atom. The molecule has 0 aromatic carbocycles. The minimum atomic E-state index is -0.278. The van der Waals surface area contributed by atoms with Crippen molar-refractivity contribution >= 4 is 17.7 Å². The van der Waals surface area contributed by atoms with E-state index in [-0.39, 0.29) is 11.2 Å². The van der Waals surface area contributed by atoms with E-state index in [4.69, 9.17) is 9.15 Å². The first kappa shape index (κ1) is 18.7. The molecule has 4 heterocycles. The third kappa shape index (κ3) is 4.10. The number of pyridine rings is 1. The summed E-state index contributed by atoms with van der Waals surface area (Å²) in [6.07, 6.45) is 5.11. The van der Waals surface area contributed by atoms with Gasteiger partial charge >= 0.3 is 0 Å². The van der Waals surface area contributed by atoms with Crippen molar-refractivity contribution in [3.8, 4) is 11.4 Å². The van der Waals surface area contributed by atoms with Crippen molar-refractivity contribution < 1.29 is 13.9 Å². The highest BCUT2D eigenvalue weighted by atomic mass is 32.2. The molecule has 4 rings (SSSR count). The number of aromatic nitrogens is 4. The molecule has 0 spiro atoms. The lowest BCUT2D eigenvalue weighted by molar-refractivity contribution is -0.134. The van der Waals surface area contributed by atoms with Crippen LogP contribution in [0.4, 0.5) is 0 Å². The van der Waals surface area contributed by atoms with Crippen LogP contribution >= 0.6 is 11.8 Å². The van der Waals surface area contributed by atoms with E-state index in [1.165, 1.54) is 11.8 Å². The number of hydrogen-bond donors (Lipinski definition) is 0. The highest BCUT2D eigenvalue weighted by molar-refractivity contribution is 8.00. The molecule has 8 nitrogen and oxygen atoms in total. The van der Waals surface area contributed by atoms with Crippen LogP contribution in [0, 0.1) is 0 Å². The van der Waals surface area contributed by atoms with Gasteiger partial charge in [0.15, 0.2) is 11.0 Å². The number of hydrogen-bond acceptors (Lipinski definition) is 7. The zero-order valence-corrected chi connectivity index (χ0v) is 16.3. The number of morpholine rings is 1. The summed E-state index contributed by atoms with van der Waals surface area (Å²) in [5.41, 5.74) is 0.862. The molecule has 0 aliphatic carbocycles. The number of amides is 1. The Morgan fingerprint density at radius 3 is 2.82 bits per heavy atom. The second-order valence-electron chi connectivity index (χ2n) is 6.41. The van der Waals surface area contributed by atoms with Crippen molar-refractivity contribution in [2.24, 2.45) is 0 Å². The molecule has 28 heavy (non-hydrogen) atoms. The van der Waals surface area contributed by atoms with Gasteiger partial charge in [-0.15, -0.1) is 10.2 Å². The van der Waals surface area contributed by atoms with Crippen LogP contribution < -0.4 is 0 Å². The maximum atomic E-state index is 12.8. The molecule has 1 atom stereocenters. The second-order valence-corrected chi connectivity index (χ2v) is 7.72. The van der Waals surface area contributed by atoms with Gasteiger partial charge in [-0.25, -0.2) is 0 Å². The van der Waals surface area contributed by atoms with Gasteiger partial charge in [0.1, 0.15) is 5.76 Å². The fraction of sp³-hybridized carbons (Fsp3) is 0.368. The quantitative estimate of drug-likeness (QED) is 0.588. The largest absolute Gasteiger partial charge is 0.467 e. The molecule has 146 valence electrons. The zero-order chi connectivity index (χ0) is 19.3.